The molecule has 0 N–H and O–H groups in total. The van der Waals surface area contributed by atoms with Crippen molar-refractivity contribution in [3.8, 4) is 5.75 Å². The summed E-state index contributed by atoms with van der Waals surface area (Å²) in [5, 5.41) is 1.83. The fourth-order valence-electron chi connectivity index (χ4n) is 1.63. The number of aliphatic imine (C=N–C) groups is 1. The molecular weight excluding hydrogens is 278 g/mol. The van der Waals surface area contributed by atoms with Crippen LogP contribution in [0.4, 0.5) is 0 Å². The molecule has 0 aliphatic carbocycles. The van der Waals surface area contributed by atoms with Crippen molar-refractivity contribution < 1.29 is 4.74 Å². The Bertz CT molecular complexity index is 539. The van der Waals surface area contributed by atoms with E-state index in [9.17, 15) is 0 Å². The summed E-state index contributed by atoms with van der Waals surface area (Å²) in [5.74, 6) is 1.87. The third-order valence-electron chi connectivity index (χ3n) is 2.68. The van der Waals surface area contributed by atoms with Crippen LogP contribution in [0.25, 0.3) is 4.91 Å². The highest BCUT2D eigenvalue weighted by atomic mass is 32.2. The summed E-state index contributed by atoms with van der Waals surface area (Å²) in [4.78, 5) is 5.32. The maximum atomic E-state index is 5.76. The van der Waals surface area contributed by atoms with Crippen LogP contribution in [0.2, 0.25) is 0 Å². The van der Waals surface area contributed by atoms with Gasteiger partial charge in [0.1, 0.15) is 5.75 Å². The number of ether oxygens (including phenoxy) is 1. The second kappa shape index (κ2) is 9.24. The number of rotatable bonds is 6. The number of hydrogen-bond donors (Lipinski definition) is 0. The minimum absolute atomic E-state index is 0.473. The van der Waals surface area contributed by atoms with Gasteiger partial charge in [0.2, 0.25) is 5.90 Å². The highest BCUT2D eigenvalue weighted by Crippen LogP contribution is 2.29. The molecule has 0 spiro atoms. The maximum Gasteiger partial charge on any atom is 0.214 e. The molecule has 0 amide bonds. The SMILES string of the molecule is C=CS/C(=C\C)c1ccc(OC(/C=C\C(C)C)=NC)cc1. The van der Waals surface area contributed by atoms with Crippen molar-refractivity contribution in [3.63, 3.8) is 0 Å². The van der Waals surface area contributed by atoms with Gasteiger partial charge in [-0.15, -0.1) is 0 Å². The van der Waals surface area contributed by atoms with Gasteiger partial charge in [0.15, 0.2) is 0 Å². The fraction of sp³-hybridized carbons (Fsp3) is 0.278. The van der Waals surface area contributed by atoms with Crippen molar-refractivity contribution in [2.45, 2.75) is 20.8 Å². The van der Waals surface area contributed by atoms with Crippen LogP contribution < -0.4 is 4.74 Å². The Morgan fingerprint density at radius 2 is 1.95 bits per heavy atom. The third-order valence-corrected chi connectivity index (χ3v) is 3.57. The number of nitrogens with zero attached hydrogens (tertiary/aromatic N) is 1. The molecule has 0 bridgehead atoms. The van der Waals surface area contributed by atoms with E-state index in [0.29, 0.717) is 11.8 Å². The topological polar surface area (TPSA) is 21.6 Å². The van der Waals surface area contributed by atoms with Gasteiger partial charge in [0.05, 0.1) is 0 Å². The van der Waals surface area contributed by atoms with Gasteiger partial charge in [-0.05, 0) is 42.0 Å². The van der Waals surface area contributed by atoms with E-state index in [2.05, 4.69) is 37.6 Å². The molecule has 1 rings (SSSR count). The third kappa shape index (κ3) is 6.05. The highest BCUT2D eigenvalue weighted by Gasteiger charge is 2.02. The number of allylic oxidation sites excluding steroid dienone is 2. The lowest BCUT2D eigenvalue weighted by atomic mass is 10.2. The molecule has 0 atom stereocenters. The minimum atomic E-state index is 0.473. The standard InChI is InChI=1S/C18H23NOS/c1-6-17(21-7-2)15-9-11-16(12-10-15)20-18(19-5)13-8-14(3)4/h6-14H,2H2,1,3-5H3/b13-8-,17-6-,19-18?. The van der Waals surface area contributed by atoms with Gasteiger partial charge in [0.25, 0.3) is 0 Å². The molecule has 0 heterocycles. The Hall–Kier alpha value is -1.74. The summed E-state index contributed by atoms with van der Waals surface area (Å²) in [6.07, 6.45) is 6.05. The van der Waals surface area contributed by atoms with E-state index in [0.717, 1.165) is 11.3 Å². The zero-order valence-electron chi connectivity index (χ0n) is 13.2. The smallest absolute Gasteiger partial charge is 0.214 e. The normalized spacial score (nSPS) is 13.0. The quantitative estimate of drug-likeness (QED) is 0.508. The Morgan fingerprint density at radius 1 is 1.29 bits per heavy atom. The summed E-state index contributed by atoms with van der Waals surface area (Å²) in [6, 6.07) is 8.00. The maximum absolute atomic E-state index is 5.76. The highest BCUT2D eigenvalue weighted by molar-refractivity contribution is 8.10. The molecule has 0 radical (unpaired) electrons. The molecule has 1 aromatic carbocycles. The lowest BCUT2D eigenvalue weighted by Crippen LogP contribution is -2.05. The van der Waals surface area contributed by atoms with E-state index in [1.165, 1.54) is 4.91 Å². The summed E-state index contributed by atoms with van der Waals surface area (Å²) in [7, 11) is 1.73. The molecule has 2 nitrogen and oxygen atoms in total. The minimum Gasteiger partial charge on any atom is -0.439 e. The average molecular weight is 301 g/mol. The van der Waals surface area contributed by atoms with E-state index < -0.39 is 0 Å². The van der Waals surface area contributed by atoms with E-state index >= 15 is 0 Å². The van der Waals surface area contributed by atoms with Crippen LogP contribution in [0.1, 0.15) is 26.3 Å². The van der Waals surface area contributed by atoms with Gasteiger partial charge >= 0.3 is 0 Å². The Labute approximate surface area is 132 Å². The van der Waals surface area contributed by atoms with Crippen molar-refractivity contribution in [1.82, 2.24) is 0 Å². The second-order valence-corrected chi connectivity index (χ2v) is 5.74. The van der Waals surface area contributed by atoms with Crippen molar-refractivity contribution in [2.75, 3.05) is 7.05 Å². The molecule has 0 saturated heterocycles. The van der Waals surface area contributed by atoms with Crippen LogP contribution in [0.3, 0.4) is 0 Å². The predicted molar refractivity (Wildman–Crippen MR) is 95.8 cm³/mol. The van der Waals surface area contributed by atoms with E-state index in [1.807, 2.05) is 42.7 Å². The van der Waals surface area contributed by atoms with Crippen LogP contribution in [0, 0.1) is 5.92 Å². The monoisotopic (exact) mass is 301 g/mol. The first-order valence-electron chi connectivity index (χ1n) is 6.97. The van der Waals surface area contributed by atoms with Crippen molar-refractivity contribution in [3.05, 3.63) is 60.0 Å². The number of hydrogen-bond acceptors (Lipinski definition) is 3. The van der Waals surface area contributed by atoms with Crippen LogP contribution in [-0.4, -0.2) is 12.9 Å². The molecule has 0 unspecified atom stereocenters. The largest absolute Gasteiger partial charge is 0.439 e. The Kier molecular flexibility index (Phi) is 7.62. The molecule has 0 aliphatic heterocycles. The molecule has 0 fully saturated rings. The van der Waals surface area contributed by atoms with Gasteiger partial charge in [-0.1, -0.05) is 56.5 Å². The Balaban J connectivity index is 2.80. The first-order chi connectivity index (χ1) is 10.1. The van der Waals surface area contributed by atoms with Crippen LogP contribution in [-0.2, 0) is 0 Å². The lowest BCUT2D eigenvalue weighted by molar-refractivity contribution is 0.553. The van der Waals surface area contributed by atoms with E-state index in [4.69, 9.17) is 4.74 Å². The predicted octanol–water partition coefficient (Wildman–Crippen LogP) is 5.54. The molecule has 0 saturated carbocycles. The van der Waals surface area contributed by atoms with E-state index in [1.54, 1.807) is 18.8 Å². The van der Waals surface area contributed by atoms with Crippen molar-refractivity contribution in [1.29, 1.82) is 0 Å². The van der Waals surface area contributed by atoms with Gasteiger partial charge in [0, 0.05) is 12.0 Å². The van der Waals surface area contributed by atoms with Gasteiger partial charge in [-0.3, -0.25) is 4.99 Å². The van der Waals surface area contributed by atoms with Gasteiger partial charge in [-0.2, -0.15) is 0 Å². The zero-order valence-corrected chi connectivity index (χ0v) is 14.0. The summed E-state index contributed by atoms with van der Waals surface area (Å²) >= 11 is 1.61. The molecule has 0 aliphatic rings. The van der Waals surface area contributed by atoms with E-state index in [-0.39, 0.29) is 0 Å². The molecular formula is C18H23NOS. The fourth-order valence-corrected chi connectivity index (χ4v) is 2.22. The average Bonchev–Trinajstić information content (AvgIpc) is 2.49. The van der Waals surface area contributed by atoms with Crippen molar-refractivity contribution >= 4 is 22.6 Å². The number of thioether (sulfide) groups is 1. The summed E-state index contributed by atoms with van der Waals surface area (Å²) in [5.41, 5.74) is 1.16. The van der Waals surface area contributed by atoms with Crippen LogP contribution in [0.5, 0.6) is 5.75 Å². The van der Waals surface area contributed by atoms with Crippen LogP contribution in [0.15, 0.2) is 59.5 Å². The zero-order chi connectivity index (χ0) is 15.7. The Morgan fingerprint density at radius 3 is 2.43 bits per heavy atom. The van der Waals surface area contributed by atoms with Crippen LogP contribution >= 0.6 is 11.8 Å². The van der Waals surface area contributed by atoms with Gasteiger partial charge in [-0.25, -0.2) is 0 Å². The second-order valence-electron chi connectivity index (χ2n) is 4.73. The van der Waals surface area contributed by atoms with Crippen molar-refractivity contribution in [2.24, 2.45) is 10.9 Å². The summed E-state index contributed by atoms with van der Waals surface area (Å²) < 4.78 is 5.76. The molecule has 112 valence electrons. The lowest BCUT2D eigenvalue weighted by Gasteiger charge is -2.08. The first kappa shape index (κ1) is 17.3. The molecule has 21 heavy (non-hydrogen) atoms. The molecule has 0 aromatic heterocycles. The first-order valence-corrected chi connectivity index (χ1v) is 7.85. The van der Waals surface area contributed by atoms with Gasteiger partial charge < -0.3 is 4.74 Å². The molecule has 1 aromatic rings. The number of benzene rings is 1. The molecule has 3 heteroatoms. The summed E-state index contributed by atoms with van der Waals surface area (Å²) in [6.45, 7) is 10.0.